The highest BCUT2D eigenvalue weighted by Crippen LogP contribution is 2.27. The molecule has 0 saturated heterocycles. The zero-order chi connectivity index (χ0) is 11.5. The fourth-order valence-electron chi connectivity index (χ4n) is 1.54. The highest BCUT2D eigenvalue weighted by atomic mass is 35.5. The first-order valence-electron chi connectivity index (χ1n) is 4.53. The molecule has 0 aliphatic carbocycles. The predicted octanol–water partition coefficient (Wildman–Crippen LogP) is 3.35. The largest absolute Gasteiger partial charge is 0.295 e. The van der Waals surface area contributed by atoms with Gasteiger partial charge in [0.2, 0.25) is 0 Å². The second-order valence-electron chi connectivity index (χ2n) is 3.12. The number of rotatable bonds is 2. The molecule has 0 spiro atoms. The summed E-state index contributed by atoms with van der Waals surface area (Å²) in [7, 11) is 0. The molecule has 0 N–H and O–H groups in total. The van der Waals surface area contributed by atoms with Gasteiger partial charge in [-0.1, -0.05) is 29.8 Å². The van der Waals surface area contributed by atoms with Crippen molar-refractivity contribution < 1.29 is 4.92 Å². The summed E-state index contributed by atoms with van der Waals surface area (Å²) >= 11 is 5.49. The minimum absolute atomic E-state index is 0.0457. The lowest BCUT2D eigenvalue weighted by Gasteiger charge is -2.02. The summed E-state index contributed by atoms with van der Waals surface area (Å²) < 4.78 is 0. The van der Waals surface area contributed by atoms with Gasteiger partial charge in [0.25, 0.3) is 5.69 Å². The van der Waals surface area contributed by atoms with Crippen molar-refractivity contribution >= 4 is 34.3 Å². The van der Waals surface area contributed by atoms with Gasteiger partial charge in [0, 0.05) is 10.9 Å². The highest BCUT2D eigenvalue weighted by Gasteiger charge is 2.15. The molecule has 80 valence electrons. The number of halogens is 1. The van der Waals surface area contributed by atoms with Crippen molar-refractivity contribution in [2.75, 3.05) is 0 Å². The predicted molar refractivity (Wildman–Crippen MR) is 63.3 cm³/mol. The summed E-state index contributed by atoms with van der Waals surface area (Å²) in [6.45, 7) is 0. The van der Waals surface area contributed by atoms with Crippen LogP contribution in [0.25, 0.3) is 17.0 Å². The maximum absolute atomic E-state index is 10.8. The minimum atomic E-state index is -0.467. The fraction of sp³-hybridized carbons (Fsp3) is 0. The van der Waals surface area contributed by atoms with Crippen molar-refractivity contribution in [3.05, 3.63) is 51.7 Å². The van der Waals surface area contributed by atoms with E-state index in [0.717, 1.165) is 0 Å². The van der Waals surface area contributed by atoms with E-state index in [-0.39, 0.29) is 5.69 Å². The van der Waals surface area contributed by atoms with Crippen LogP contribution in [0.15, 0.2) is 36.0 Å². The van der Waals surface area contributed by atoms with Gasteiger partial charge in [-0.25, -0.2) is 4.98 Å². The van der Waals surface area contributed by atoms with Crippen molar-refractivity contribution in [1.29, 1.82) is 0 Å². The number of fused-ring (bicyclic) bond motifs is 1. The van der Waals surface area contributed by atoms with E-state index < -0.39 is 4.92 Å². The Morgan fingerprint density at radius 3 is 2.81 bits per heavy atom. The van der Waals surface area contributed by atoms with Gasteiger partial charge in [0.15, 0.2) is 0 Å². The minimum Gasteiger partial charge on any atom is -0.258 e. The average molecular weight is 235 g/mol. The van der Waals surface area contributed by atoms with E-state index in [0.29, 0.717) is 16.5 Å². The lowest BCUT2D eigenvalue weighted by Crippen LogP contribution is -1.94. The SMILES string of the molecule is O=[N+]([O-])c1cnc2ccccc2c1C=CCl. The molecule has 0 unspecified atom stereocenters. The van der Waals surface area contributed by atoms with Crippen LogP contribution in [0.2, 0.25) is 0 Å². The van der Waals surface area contributed by atoms with E-state index in [1.807, 2.05) is 6.07 Å². The summed E-state index contributed by atoms with van der Waals surface area (Å²) in [5, 5.41) is 11.5. The number of pyridine rings is 1. The van der Waals surface area contributed by atoms with Crippen LogP contribution in [0.5, 0.6) is 0 Å². The van der Waals surface area contributed by atoms with Crippen molar-refractivity contribution in [2.45, 2.75) is 0 Å². The molecule has 1 heterocycles. The monoisotopic (exact) mass is 234 g/mol. The van der Waals surface area contributed by atoms with Crippen LogP contribution in [0.1, 0.15) is 5.56 Å². The number of aromatic nitrogens is 1. The van der Waals surface area contributed by atoms with Gasteiger partial charge in [0.05, 0.1) is 16.0 Å². The lowest BCUT2D eigenvalue weighted by atomic mass is 10.1. The summed E-state index contributed by atoms with van der Waals surface area (Å²) in [5.74, 6) is 0. The Hall–Kier alpha value is -1.94. The Bertz CT molecular complexity index is 581. The summed E-state index contributed by atoms with van der Waals surface area (Å²) in [6, 6.07) is 7.21. The normalized spacial score (nSPS) is 11.1. The number of para-hydroxylation sites is 1. The Balaban J connectivity index is 2.84. The topological polar surface area (TPSA) is 56.0 Å². The Labute approximate surface area is 96.3 Å². The molecule has 0 atom stereocenters. The van der Waals surface area contributed by atoms with Crippen molar-refractivity contribution in [3.63, 3.8) is 0 Å². The molecular weight excluding hydrogens is 228 g/mol. The summed E-state index contributed by atoms with van der Waals surface area (Å²) in [5.41, 5.74) is 2.40. The van der Waals surface area contributed by atoms with Gasteiger partial charge in [-0.15, -0.1) is 0 Å². The van der Waals surface area contributed by atoms with E-state index in [9.17, 15) is 10.1 Å². The van der Waals surface area contributed by atoms with Crippen LogP contribution >= 0.6 is 11.6 Å². The fourth-order valence-corrected chi connectivity index (χ4v) is 1.66. The highest BCUT2D eigenvalue weighted by molar-refractivity contribution is 6.27. The molecule has 2 rings (SSSR count). The van der Waals surface area contributed by atoms with Gasteiger partial charge < -0.3 is 0 Å². The van der Waals surface area contributed by atoms with E-state index in [1.54, 1.807) is 18.2 Å². The van der Waals surface area contributed by atoms with Gasteiger partial charge in [-0.3, -0.25) is 10.1 Å². The van der Waals surface area contributed by atoms with Crippen LogP contribution in [0.4, 0.5) is 5.69 Å². The van der Waals surface area contributed by atoms with Crippen LogP contribution < -0.4 is 0 Å². The van der Waals surface area contributed by atoms with E-state index in [4.69, 9.17) is 11.6 Å². The van der Waals surface area contributed by atoms with Crippen molar-refractivity contribution in [1.82, 2.24) is 4.98 Å². The third kappa shape index (κ3) is 1.75. The molecule has 1 aromatic carbocycles. The van der Waals surface area contributed by atoms with E-state index >= 15 is 0 Å². The maximum Gasteiger partial charge on any atom is 0.295 e. The zero-order valence-electron chi connectivity index (χ0n) is 8.13. The first kappa shape index (κ1) is 10.6. The third-order valence-electron chi connectivity index (χ3n) is 2.22. The molecule has 4 nitrogen and oxygen atoms in total. The Kier molecular flexibility index (Phi) is 2.83. The van der Waals surface area contributed by atoms with Crippen LogP contribution in [-0.4, -0.2) is 9.91 Å². The van der Waals surface area contributed by atoms with Gasteiger partial charge in [0.1, 0.15) is 6.20 Å². The summed E-state index contributed by atoms with van der Waals surface area (Å²) in [4.78, 5) is 14.4. The maximum atomic E-state index is 10.8. The second kappa shape index (κ2) is 4.28. The smallest absolute Gasteiger partial charge is 0.258 e. The average Bonchev–Trinajstić information content (AvgIpc) is 2.29. The van der Waals surface area contributed by atoms with Gasteiger partial charge in [-0.2, -0.15) is 0 Å². The molecule has 0 radical (unpaired) electrons. The number of hydrogen-bond acceptors (Lipinski definition) is 3. The standard InChI is InChI=1S/C11H7ClN2O2/c12-6-5-9-8-3-1-2-4-10(8)13-7-11(9)14(15)16/h1-7H. The molecule has 0 aliphatic rings. The molecule has 0 aliphatic heterocycles. The molecule has 0 amide bonds. The van der Waals surface area contributed by atoms with Crippen molar-refractivity contribution in [3.8, 4) is 0 Å². The molecule has 5 heteroatoms. The van der Waals surface area contributed by atoms with Gasteiger partial charge >= 0.3 is 0 Å². The van der Waals surface area contributed by atoms with E-state index in [2.05, 4.69) is 4.98 Å². The molecule has 0 fully saturated rings. The lowest BCUT2D eigenvalue weighted by molar-refractivity contribution is -0.385. The van der Waals surface area contributed by atoms with Crippen LogP contribution in [0, 0.1) is 10.1 Å². The molecule has 0 saturated carbocycles. The number of nitro groups is 1. The summed E-state index contributed by atoms with van der Waals surface area (Å²) in [6.07, 6.45) is 2.75. The molecule has 0 bridgehead atoms. The Morgan fingerprint density at radius 1 is 1.38 bits per heavy atom. The van der Waals surface area contributed by atoms with Gasteiger partial charge in [-0.05, 0) is 12.1 Å². The molecular formula is C11H7ClN2O2. The number of benzene rings is 1. The molecule has 2 aromatic rings. The third-order valence-corrected chi connectivity index (χ3v) is 2.35. The van der Waals surface area contributed by atoms with Crippen LogP contribution in [0.3, 0.4) is 0 Å². The van der Waals surface area contributed by atoms with Crippen LogP contribution in [-0.2, 0) is 0 Å². The van der Waals surface area contributed by atoms with E-state index in [1.165, 1.54) is 17.8 Å². The second-order valence-corrected chi connectivity index (χ2v) is 3.38. The first-order chi connectivity index (χ1) is 7.74. The Morgan fingerprint density at radius 2 is 2.12 bits per heavy atom. The number of hydrogen-bond donors (Lipinski definition) is 0. The van der Waals surface area contributed by atoms with Crippen molar-refractivity contribution in [2.24, 2.45) is 0 Å². The molecule has 1 aromatic heterocycles. The number of nitrogens with zero attached hydrogens (tertiary/aromatic N) is 2. The first-order valence-corrected chi connectivity index (χ1v) is 4.96. The quantitative estimate of drug-likeness (QED) is 0.591. The zero-order valence-corrected chi connectivity index (χ0v) is 8.89. The molecule has 16 heavy (non-hydrogen) atoms.